The van der Waals surface area contributed by atoms with Crippen LogP contribution < -0.4 is 4.90 Å². The molecule has 0 atom stereocenters. The van der Waals surface area contributed by atoms with Gasteiger partial charge >= 0.3 is 0 Å². The molecular formula is C17H23N3. The number of aryl methyl sites for hydroxylation is 2. The van der Waals surface area contributed by atoms with E-state index in [9.17, 15) is 0 Å². The smallest absolute Gasteiger partial charge is 0.129 e. The Hall–Kier alpha value is -1.61. The van der Waals surface area contributed by atoms with Crippen molar-refractivity contribution in [2.45, 2.75) is 20.8 Å². The van der Waals surface area contributed by atoms with Crippen LogP contribution in [-0.4, -0.2) is 42.6 Å². The zero-order valence-corrected chi connectivity index (χ0v) is 12.7. The first kappa shape index (κ1) is 13.4. The molecular weight excluding hydrogens is 246 g/mol. The van der Waals surface area contributed by atoms with Gasteiger partial charge in [-0.1, -0.05) is 18.6 Å². The molecule has 2 heterocycles. The summed E-state index contributed by atoms with van der Waals surface area (Å²) in [6, 6.07) is 8.76. The van der Waals surface area contributed by atoms with Crippen molar-refractivity contribution in [1.82, 2.24) is 9.88 Å². The number of hydrogen-bond acceptors (Lipinski definition) is 3. The van der Waals surface area contributed by atoms with Gasteiger partial charge in [0.25, 0.3) is 0 Å². The van der Waals surface area contributed by atoms with Crippen LogP contribution in [0.15, 0.2) is 24.3 Å². The highest BCUT2D eigenvalue weighted by Gasteiger charge is 2.17. The van der Waals surface area contributed by atoms with Crippen LogP contribution in [0.1, 0.15) is 18.1 Å². The SMILES string of the molecule is CCN1CCN(c2cc(C)c3cc(C)ccc3n2)CC1. The molecule has 1 aliphatic rings. The zero-order chi connectivity index (χ0) is 14.1. The Bertz CT molecular complexity index is 613. The van der Waals surface area contributed by atoms with Crippen LogP contribution in [0.5, 0.6) is 0 Å². The molecule has 3 nitrogen and oxygen atoms in total. The number of rotatable bonds is 2. The average molecular weight is 269 g/mol. The number of likely N-dealkylation sites (N-methyl/N-ethyl adjacent to an activating group) is 1. The van der Waals surface area contributed by atoms with E-state index >= 15 is 0 Å². The third-order valence-electron chi connectivity index (χ3n) is 4.30. The summed E-state index contributed by atoms with van der Waals surface area (Å²) in [4.78, 5) is 9.77. The number of piperazine rings is 1. The molecule has 106 valence electrons. The fraction of sp³-hybridized carbons (Fsp3) is 0.471. The highest BCUT2D eigenvalue weighted by Crippen LogP contribution is 2.24. The van der Waals surface area contributed by atoms with Gasteiger partial charge < -0.3 is 9.80 Å². The minimum atomic E-state index is 1.08. The molecule has 2 aromatic rings. The lowest BCUT2D eigenvalue weighted by Crippen LogP contribution is -2.46. The molecule has 1 saturated heterocycles. The number of aromatic nitrogens is 1. The van der Waals surface area contributed by atoms with Crippen molar-refractivity contribution in [2.24, 2.45) is 0 Å². The molecule has 3 rings (SSSR count). The van der Waals surface area contributed by atoms with Gasteiger partial charge in [-0.25, -0.2) is 4.98 Å². The summed E-state index contributed by atoms with van der Waals surface area (Å²) in [5.74, 6) is 1.13. The second-order valence-corrected chi connectivity index (χ2v) is 5.74. The Morgan fingerprint density at radius 3 is 2.50 bits per heavy atom. The van der Waals surface area contributed by atoms with Gasteiger partial charge in [0.15, 0.2) is 0 Å². The lowest BCUT2D eigenvalue weighted by molar-refractivity contribution is 0.270. The van der Waals surface area contributed by atoms with Crippen LogP contribution in [0.4, 0.5) is 5.82 Å². The van der Waals surface area contributed by atoms with Crippen molar-refractivity contribution in [3.8, 4) is 0 Å². The maximum Gasteiger partial charge on any atom is 0.129 e. The fourth-order valence-corrected chi connectivity index (χ4v) is 2.95. The quantitative estimate of drug-likeness (QED) is 0.835. The second-order valence-electron chi connectivity index (χ2n) is 5.74. The van der Waals surface area contributed by atoms with Crippen LogP contribution in [0.25, 0.3) is 10.9 Å². The summed E-state index contributed by atoms with van der Waals surface area (Å²) in [7, 11) is 0. The van der Waals surface area contributed by atoms with E-state index in [4.69, 9.17) is 4.98 Å². The predicted molar refractivity (Wildman–Crippen MR) is 85.5 cm³/mol. The molecule has 0 bridgehead atoms. The van der Waals surface area contributed by atoms with Crippen LogP contribution >= 0.6 is 0 Å². The third kappa shape index (κ3) is 2.50. The Morgan fingerprint density at radius 2 is 1.80 bits per heavy atom. The van der Waals surface area contributed by atoms with Crippen molar-refractivity contribution in [2.75, 3.05) is 37.6 Å². The van der Waals surface area contributed by atoms with E-state index in [1.165, 1.54) is 16.5 Å². The first-order valence-corrected chi connectivity index (χ1v) is 7.52. The van der Waals surface area contributed by atoms with Gasteiger partial charge in [-0.3, -0.25) is 0 Å². The van der Waals surface area contributed by atoms with E-state index in [1.807, 2.05) is 0 Å². The van der Waals surface area contributed by atoms with Gasteiger partial charge in [-0.2, -0.15) is 0 Å². The Balaban J connectivity index is 1.91. The van der Waals surface area contributed by atoms with Crippen molar-refractivity contribution in [3.05, 3.63) is 35.4 Å². The van der Waals surface area contributed by atoms with Gasteiger partial charge in [0.05, 0.1) is 5.52 Å². The summed E-state index contributed by atoms with van der Waals surface area (Å²) < 4.78 is 0. The number of benzene rings is 1. The molecule has 0 radical (unpaired) electrons. The highest BCUT2D eigenvalue weighted by molar-refractivity contribution is 5.84. The van der Waals surface area contributed by atoms with Crippen molar-refractivity contribution >= 4 is 16.7 Å². The fourth-order valence-electron chi connectivity index (χ4n) is 2.95. The Morgan fingerprint density at radius 1 is 1.05 bits per heavy atom. The van der Waals surface area contributed by atoms with E-state index in [2.05, 4.69) is 54.8 Å². The standard InChI is InChI=1S/C17H23N3/c1-4-19-7-9-20(10-8-19)17-12-14(3)15-11-13(2)5-6-16(15)18-17/h5-6,11-12H,4,7-10H2,1-3H3. The Kier molecular flexibility index (Phi) is 3.62. The first-order valence-electron chi connectivity index (χ1n) is 7.52. The number of hydrogen-bond donors (Lipinski definition) is 0. The lowest BCUT2D eigenvalue weighted by Gasteiger charge is -2.35. The van der Waals surface area contributed by atoms with E-state index in [0.29, 0.717) is 0 Å². The molecule has 0 spiro atoms. The van der Waals surface area contributed by atoms with Gasteiger partial charge in [-0.15, -0.1) is 0 Å². The predicted octanol–water partition coefficient (Wildman–Crippen LogP) is 2.99. The minimum absolute atomic E-state index is 1.08. The van der Waals surface area contributed by atoms with Gasteiger partial charge in [0.1, 0.15) is 5.82 Å². The van der Waals surface area contributed by atoms with Gasteiger partial charge in [0.2, 0.25) is 0 Å². The normalized spacial score (nSPS) is 16.9. The summed E-state index contributed by atoms with van der Waals surface area (Å²) in [5.41, 5.74) is 3.74. The molecule has 0 amide bonds. The topological polar surface area (TPSA) is 19.4 Å². The average Bonchev–Trinajstić information content (AvgIpc) is 2.48. The van der Waals surface area contributed by atoms with E-state index in [-0.39, 0.29) is 0 Å². The number of fused-ring (bicyclic) bond motifs is 1. The third-order valence-corrected chi connectivity index (χ3v) is 4.30. The number of anilines is 1. The molecule has 20 heavy (non-hydrogen) atoms. The summed E-state index contributed by atoms with van der Waals surface area (Å²) in [6.07, 6.45) is 0. The Labute approximate surface area is 121 Å². The van der Waals surface area contributed by atoms with Crippen LogP contribution in [0.2, 0.25) is 0 Å². The molecule has 1 fully saturated rings. The monoisotopic (exact) mass is 269 g/mol. The van der Waals surface area contributed by atoms with Crippen LogP contribution in [0.3, 0.4) is 0 Å². The van der Waals surface area contributed by atoms with Gasteiger partial charge in [-0.05, 0) is 44.2 Å². The highest BCUT2D eigenvalue weighted by atomic mass is 15.3. The minimum Gasteiger partial charge on any atom is -0.354 e. The van der Waals surface area contributed by atoms with E-state index in [1.54, 1.807) is 0 Å². The van der Waals surface area contributed by atoms with Crippen molar-refractivity contribution in [3.63, 3.8) is 0 Å². The maximum absolute atomic E-state index is 4.86. The van der Waals surface area contributed by atoms with E-state index in [0.717, 1.165) is 44.1 Å². The molecule has 3 heteroatoms. The number of pyridine rings is 1. The van der Waals surface area contributed by atoms with E-state index < -0.39 is 0 Å². The van der Waals surface area contributed by atoms with Crippen molar-refractivity contribution in [1.29, 1.82) is 0 Å². The molecule has 0 unspecified atom stereocenters. The van der Waals surface area contributed by atoms with Gasteiger partial charge in [0, 0.05) is 31.6 Å². The molecule has 0 saturated carbocycles. The summed E-state index contributed by atoms with van der Waals surface area (Å²) in [5, 5.41) is 1.28. The zero-order valence-electron chi connectivity index (χ0n) is 12.7. The van der Waals surface area contributed by atoms with Crippen molar-refractivity contribution < 1.29 is 0 Å². The molecule has 0 N–H and O–H groups in total. The maximum atomic E-state index is 4.86. The molecule has 1 aromatic heterocycles. The summed E-state index contributed by atoms with van der Waals surface area (Å²) in [6.45, 7) is 12.2. The number of nitrogens with zero attached hydrogens (tertiary/aromatic N) is 3. The molecule has 0 aliphatic carbocycles. The lowest BCUT2D eigenvalue weighted by atomic mass is 10.1. The van der Waals surface area contributed by atoms with Crippen LogP contribution in [0, 0.1) is 13.8 Å². The second kappa shape index (κ2) is 5.41. The van der Waals surface area contributed by atoms with Crippen LogP contribution in [-0.2, 0) is 0 Å². The molecule has 1 aliphatic heterocycles. The largest absolute Gasteiger partial charge is 0.354 e. The molecule has 1 aromatic carbocycles. The first-order chi connectivity index (χ1) is 9.67. The summed E-state index contributed by atoms with van der Waals surface area (Å²) >= 11 is 0.